The summed E-state index contributed by atoms with van der Waals surface area (Å²) in [5.74, 6) is 0.258. The number of amides is 2. The van der Waals surface area contributed by atoms with Gasteiger partial charge in [-0.1, -0.05) is 0 Å². The lowest BCUT2D eigenvalue weighted by molar-refractivity contribution is -0.129. The van der Waals surface area contributed by atoms with E-state index in [1.165, 1.54) is 36.0 Å². The number of hydrogen-bond acceptors (Lipinski definition) is 4. The zero-order chi connectivity index (χ0) is 17.5. The molecule has 0 bridgehead atoms. The molecule has 1 aliphatic heterocycles. The number of halogens is 1. The third-order valence-electron chi connectivity index (χ3n) is 4.03. The number of benzene rings is 1. The van der Waals surface area contributed by atoms with Crippen LogP contribution in [0.25, 0.3) is 0 Å². The molecule has 0 saturated carbocycles. The number of rotatable bonds is 7. The van der Waals surface area contributed by atoms with Gasteiger partial charge in [0.2, 0.25) is 11.8 Å². The van der Waals surface area contributed by atoms with Crippen LogP contribution < -0.4 is 10.6 Å². The zero-order valence-corrected chi connectivity index (χ0v) is 14.9. The van der Waals surface area contributed by atoms with Crippen molar-refractivity contribution in [2.24, 2.45) is 5.92 Å². The molecule has 1 aromatic rings. The predicted molar refractivity (Wildman–Crippen MR) is 95.6 cm³/mol. The first kappa shape index (κ1) is 18.7. The molecule has 5 nitrogen and oxygen atoms in total. The number of thioether (sulfide) groups is 1. The van der Waals surface area contributed by atoms with Crippen LogP contribution in [0.5, 0.6) is 0 Å². The Labute approximate surface area is 146 Å². The van der Waals surface area contributed by atoms with E-state index in [1.54, 1.807) is 0 Å². The van der Waals surface area contributed by atoms with Crippen LogP contribution >= 0.6 is 11.8 Å². The first-order chi connectivity index (χ1) is 11.5. The van der Waals surface area contributed by atoms with E-state index in [0.717, 1.165) is 26.1 Å². The van der Waals surface area contributed by atoms with Gasteiger partial charge in [-0.2, -0.15) is 0 Å². The van der Waals surface area contributed by atoms with Crippen LogP contribution in [-0.4, -0.2) is 54.4 Å². The van der Waals surface area contributed by atoms with Crippen molar-refractivity contribution < 1.29 is 14.0 Å². The van der Waals surface area contributed by atoms with Crippen molar-refractivity contribution in [3.63, 3.8) is 0 Å². The number of nitrogens with one attached hydrogen (secondary N) is 2. The highest BCUT2D eigenvalue weighted by molar-refractivity contribution is 8.01. The van der Waals surface area contributed by atoms with Crippen molar-refractivity contribution in [1.82, 2.24) is 10.2 Å². The highest BCUT2D eigenvalue weighted by Crippen LogP contribution is 2.21. The molecule has 24 heavy (non-hydrogen) atoms. The number of hydrogen-bond donors (Lipinski definition) is 2. The first-order valence-corrected chi connectivity index (χ1v) is 9.15. The molecule has 2 rings (SSSR count). The molecule has 0 spiro atoms. The quantitative estimate of drug-likeness (QED) is 0.787. The standard InChI is InChI=1S/C17H24FN3O2S/c1-12(17(23)21-8-7-13(10-21)9-19-2)24-11-16(22)20-15-5-3-14(18)4-6-15/h3-6,12-13,19H,7-11H2,1-2H3,(H,20,22). The number of nitrogens with zero attached hydrogens (tertiary/aromatic N) is 1. The Morgan fingerprint density at radius 3 is 2.75 bits per heavy atom. The van der Waals surface area contributed by atoms with Crippen LogP contribution in [0.1, 0.15) is 13.3 Å². The highest BCUT2D eigenvalue weighted by atomic mass is 32.2. The second kappa shape index (κ2) is 9.03. The fraction of sp³-hybridized carbons (Fsp3) is 0.529. The summed E-state index contributed by atoms with van der Waals surface area (Å²) >= 11 is 1.32. The van der Waals surface area contributed by atoms with Gasteiger partial charge in [0, 0.05) is 18.8 Å². The van der Waals surface area contributed by atoms with Crippen molar-refractivity contribution in [2.75, 3.05) is 37.8 Å². The summed E-state index contributed by atoms with van der Waals surface area (Å²) in [7, 11) is 1.92. The highest BCUT2D eigenvalue weighted by Gasteiger charge is 2.28. The third-order valence-corrected chi connectivity index (χ3v) is 5.16. The second-order valence-corrected chi connectivity index (χ2v) is 7.33. The largest absolute Gasteiger partial charge is 0.341 e. The molecule has 7 heteroatoms. The molecule has 1 fully saturated rings. The van der Waals surface area contributed by atoms with Crippen LogP contribution in [0.15, 0.2) is 24.3 Å². The van der Waals surface area contributed by atoms with E-state index in [-0.39, 0.29) is 28.6 Å². The second-order valence-electron chi connectivity index (χ2n) is 6.00. The number of likely N-dealkylation sites (tertiary alicyclic amines) is 1. The van der Waals surface area contributed by atoms with E-state index < -0.39 is 0 Å². The average Bonchev–Trinajstić information content (AvgIpc) is 3.03. The topological polar surface area (TPSA) is 61.4 Å². The molecule has 0 aromatic heterocycles. The summed E-state index contributed by atoms with van der Waals surface area (Å²) < 4.78 is 12.8. The molecule has 1 aliphatic rings. The Hall–Kier alpha value is -1.60. The van der Waals surface area contributed by atoms with Gasteiger partial charge in [-0.3, -0.25) is 9.59 Å². The van der Waals surface area contributed by atoms with Gasteiger partial charge in [-0.15, -0.1) is 11.8 Å². The fourth-order valence-electron chi connectivity index (χ4n) is 2.75. The molecule has 2 atom stereocenters. The molecule has 1 heterocycles. The summed E-state index contributed by atoms with van der Waals surface area (Å²) in [5.41, 5.74) is 0.551. The maximum Gasteiger partial charge on any atom is 0.235 e. The fourth-order valence-corrected chi connectivity index (χ4v) is 3.51. The van der Waals surface area contributed by atoms with E-state index in [1.807, 2.05) is 18.9 Å². The summed E-state index contributed by atoms with van der Waals surface area (Å²) in [4.78, 5) is 26.2. The van der Waals surface area contributed by atoms with E-state index >= 15 is 0 Å². The van der Waals surface area contributed by atoms with Gasteiger partial charge in [-0.25, -0.2) is 4.39 Å². The van der Waals surface area contributed by atoms with Crippen molar-refractivity contribution in [3.05, 3.63) is 30.1 Å². The number of carbonyl (C=O) groups is 2. The van der Waals surface area contributed by atoms with Crippen molar-refractivity contribution in [3.8, 4) is 0 Å². The Morgan fingerprint density at radius 2 is 2.08 bits per heavy atom. The summed E-state index contributed by atoms with van der Waals surface area (Å²) in [6, 6.07) is 5.62. The van der Waals surface area contributed by atoms with Gasteiger partial charge in [0.15, 0.2) is 0 Å². The molecule has 2 amide bonds. The molecule has 0 aliphatic carbocycles. The molecule has 2 N–H and O–H groups in total. The van der Waals surface area contributed by atoms with E-state index in [9.17, 15) is 14.0 Å². The van der Waals surface area contributed by atoms with Crippen LogP contribution in [0.2, 0.25) is 0 Å². The van der Waals surface area contributed by atoms with Crippen LogP contribution in [0, 0.1) is 11.7 Å². The lowest BCUT2D eigenvalue weighted by atomic mass is 10.1. The molecular formula is C17H24FN3O2S. The van der Waals surface area contributed by atoms with E-state index in [2.05, 4.69) is 10.6 Å². The van der Waals surface area contributed by atoms with Crippen molar-refractivity contribution in [2.45, 2.75) is 18.6 Å². The SMILES string of the molecule is CNCC1CCN(C(=O)C(C)SCC(=O)Nc2ccc(F)cc2)C1. The molecular weight excluding hydrogens is 329 g/mol. The minimum absolute atomic E-state index is 0.0909. The number of anilines is 1. The molecule has 2 unspecified atom stereocenters. The van der Waals surface area contributed by atoms with Gasteiger partial charge in [0.1, 0.15) is 5.82 Å². The summed E-state index contributed by atoms with van der Waals surface area (Å²) in [6.45, 7) is 4.33. The maximum atomic E-state index is 12.8. The third kappa shape index (κ3) is 5.49. The van der Waals surface area contributed by atoms with Crippen LogP contribution in [-0.2, 0) is 9.59 Å². The number of carbonyl (C=O) groups excluding carboxylic acids is 2. The Balaban J connectivity index is 1.73. The van der Waals surface area contributed by atoms with E-state index in [0.29, 0.717) is 11.6 Å². The van der Waals surface area contributed by atoms with Gasteiger partial charge < -0.3 is 15.5 Å². The van der Waals surface area contributed by atoms with Crippen molar-refractivity contribution >= 4 is 29.3 Å². The van der Waals surface area contributed by atoms with Crippen LogP contribution in [0.3, 0.4) is 0 Å². The summed E-state index contributed by atoms with van der Waals surface area (Å²) in [5, 5.41) is 5.59. The Kier molecular flexibility index (Phi) is 7.05. The predicted octanol–water partition coefficient (Wildman–Crippen LogP) is 1.95. The minimum Gasteiger partial charge on any atom is -0.341 e. The maximum absolute atomic E-state index is 12.8. The van der Waals surface area contributed by atoms with Crippen molar-refractivity contribution in [1.29, 1.82) is 0 Å². The normalized spacial score (nSPS) is 18.5. The first-order valence-electron chi connectivity index (χ1n) is 8.10. The Bertz CT molecular complexity index is 567. The molecule has 1 aromatic carbocycles. The monoisotopic (exact) mass is 353 g/mol. The summed E-state index contributed by atoms with van der Waals surface area (Å²) in [6.07, 6.45) is 1.02. The lowest BCUT2D eigenvalue weighted by Gasteiger charge is -2.20. The minimum atomic E-state index is -0.344. The van der Waals surface area contributed by atoms with Gasteiger partial charge in [0.25, 0.3) is 0 Å². The Morgan fingerprint density at radius 1 is 1.38 bits per heavy atom. The van der Waals surface area contributed by atoms with E-state index in [4.69, 9.17) is 0 Å². The van der Waals surface area contributed by atoms with Gasteiger partial charge in [0.05, 0.1) is 11.0 Å². The van der Waals surface area contributed by atoms with Gasteiger partial charge >= 0.3 is 0 Å². The lowest BCUT2D eigenvalue weighted by Crippen LogP contribution is -2.36. The zero-order valence-electron chi connectivity index (χ0n) is 14.0. The molecule has 132 valence electrons. The molecule has 0 radical (unpaired) electrons. The van der Waals surface area contributed by atoms with Crippen LogP contribution in [0.4, 0.5) is 10.1 Å². The molecule has 1 saturated heterocycles. The smallest absolute Gasteiger partial charge is 0.235 e. The average molecular weight is 353 g/mol. The van der Waals surface area contributed by atoms with Gasteiger partial charge in [-0.05, 0) is 57.1 Å².